The molecule has 0 radical (unpaired) electrons. The summed E-state index contributed by atoms with van der Waals surface area (Å²) in [5, 5.41) is 3.47. The van der Waals surface area contributed by atoms with Gasteiger partial charge in [-0.1, -0.05) is 6.92 Å². The van der Waals surface area contributed by atoms with Gasteiger partial charge in [0, 0.05) is 13.1 Å². The van der Waals surface area contributed by atoms with Crippen molar-refractivity contribution in [3.63, 3.8) is 0 Å². The normalized spacial score (nSPS) is 22.9. The Morgan fingerprint density at radius 1 is 1.50 bits per heavy atom. The van der Waals surface area contributed by atoms with Crippen molar-refractivity contribution < 1.29 is 4.74 Å². The van der Waals surface area contributed by atoms with Crippen LogP contribution in [0.5, 0.6) is 0 Å². The average molecular weight is 201 g/mol. The van der Waals surface area contributed by atoms with E-state index >= 15 is 0 Å². The zero-order valence-corrected chi connectivity index (χ0v) is 9.17. The van der Waals surface area contributed by atoms with Gasteiger partial charge >= 0.3 is 0 Å². The molecule has 1 atom stereocenters. The third-order valence-electron chi connectivity index (χ3n) is 2.50. The van der Waals surface area contributed by atoms with Gasteiger partial charge in [-0.2, -0.15) is 0 Å². The Labute approximate surface area is 86.8 Å². The van der Waals surface area contributed by atoms with Gasteiger partial charge in [-0.15, -0.1) is 0 Å². The molecule has 1 unspecified atom stereocenters. The number of nitrogens with one attached hydrogen (secondary N) is 1. The quantitative estimate of drug-likeness (QED) is 0.635. The summed E-state index contributed by atoms with van der Waals surface area (Å²) in [6.07, 6.45) is 2.65. The summed E-state index contributed by atoms with van der Waals surface area (Å²) in [7, 11) is 0. The number of nitrogens with two attached hydrogens (primary N) is 1. The maximum Gasteiger partial charge on any atom is 0.0839 e. The first-order chi connectivity index (χ1) is 6.88. The van der Waals surface area contributed by atoms with E-state index in [0.29, 0.717) is 6.17 Å². The Kier molecular flexibility index (Phi) is 6.10. The predicted octanol–water partition coefficient (Wildman–Crippen LogP) is -0.00690. The van der Waals surface area contributed by atoms with Crippen LogP contribution in [-0.2, 0) is 4.74 Å². The van der Waals surface area contributed by atoms with Crippen LogP contribution in [0.4, 0.5) is 0 Å². The van der Waals surface area contributed by atoms with E-state index in [2.05, 4.69) is 17.1 Å². The number of rotatable bonds is 6. The molecular weight excluding hydrogens is 178 g/mol. The Morgan fingerprint density at radius 3 is 2.93 bits per heavy atom. The largest absolute Gasteiger partial charge is 0.377 e. The van der Waals surface area contributed by atoms with E-state index in [1.807, 2.05) is 0 Å². The van der Waals surface area contributed by atoms with Gasteiger partial charge in [0.25, 0.3) is 0 Å². The third kappa shape index (κ3) is 3.92. The van der Waals surface area contributed by atoms with Gasteiger partial charge in [0.05, 0.1) is 19.4 Å². The summed E-state index contributed by atoms with van der Waals surface area (Å²) in [6.45, 7) is 7.80. The van der Waals surface area contributed by atoms with Crippen molar-refractivity contribution in [3.05, 3.63) is 0 Å². The minimum Gasteiger partial charge on any atom is -0.377 e. The smallest absolute Gasteiger partial charge is 0.0839 e. The molecule has 0 bridgehead atoms. The first-order valence-corrected chi connectivity index (χ1v) is 5.63. The molecule has 1 aliphatic rings. The second-order valence-electron chi connectivity index (χ2n) is 3.72. The van der Waals surface area contributed by atoms with Crippen LogP contribution in [0.1, 0.15) is 19.8 Å². The van der Waals surface area contributed by atoms with Crippen molar-refractivity contribution >= 4 is 0 Å². The van der Waals surface area contributed by atoms with E-state index < -0.39 is 0 Å². The van der Waals surface area contributed by atoms with E-state index in [9.17, 15) is 0 Å². The lowest BCUT2D eigenvalue weighted by Crippen LogP contribution is -2.53. The first-order valence-electron chi connectivity index (χ1n) is 5.63. The minimum absolute atomic E-state index is 0.398. The molecule has 0 spiro atoms. The van der Waals surface area contributed by atoms with Gasteiger partial charge < -0.3 is 10.5 Å². The molecule has 1 fully saturated rings. The zero-order valence-electron chi connectivity index (χ0n) is 9.17. The molecule has 3 N–H and O–H groups in total. The fraction of sp³-hybridized carbons (Fsp3) is 1.00. The highest BCUT2D eigenvalue weighted by Gasteiger charge is 2.19. The number of nitrogens with zero attached hydrogens (tertiary/aromatic N) is 1. The SMILES string of the molecule is CCCN(CCCN)C1COCCN1. The van der Waals surface area contributed by atoms with Gasteiger partial charge in [0.1, 0.15) is 0 Å². The lowest BCUT2D eigenvalue weighted by Gasteiger charge is -2.34. The van der Waals surface area contributed by atoms with E-state index in [1.54, 1.807) is 0 Å². The molecule has 0 aliphatic carbocycles. The molecule has 0 saturated carbocycles. The first kappa shape index (κ1) is 11.9. The van der Waals surface area contributed by atoms with Crippen molar-refractivity contribution in [1.82, 2.24) is 10.2 Å². The van der Waals surface area contributed by atoms with Gasteiger partial charge in [-0.3, -0.25) is 10.2 Å². The van der Waals surface area contributed by atoms with Crippen LogP contribution in [0.2, 0.25) is 0 Å². The van der Waals surface area contributed by atoms with Crippen LogP contribution in [-0.4, -0.2) is 50.5 Å². The molecule has 14 heavy (non-hydrogen) atoms. The fourth-order valence-electron chi connectivity index (χ4n) is 1.79. The Bertz CT molecular complexity index is 137. The summed E-state index contributed by atoms with van der Waals surface area (Å²) in [4.78, 5) is 2.44. The standard InChI is InChI=1S/C10H23N3O/c1-2-6-13(7-3-4-11)10-9-14-8-5-12-10/h10,12H,2-9,11H2,1H3. The van der Waals surface area contributed by atoms with E-state index in [4.69, 9.17) is 10.5 Å². The summed E-state index contributed by atoms with van der Waals surface area (Å²) in [5.41, 5.74) is 5.52. The molecule has 0 aromatic rings. The number of morpholine rings is 1. The van der Waals surface area contributed by atoms with Crippen LogP contribution in [0.3, 0.4) is 0 Å². The topological polar surface area (TPSA) is 50.5 Å². The second kappa shape index (κ2) is 7.17. The molecular formula is C10H23N3O. The van der Waals surface area contributed by atoms with Gasteiger partial charge in [-0.05, 0) is 25.9 Å². The number of ether oxygens (including phenoxy) is 1. The van der Waals surface area contributed by atoms with Crippen molar-refractivity contribution in [2.75, 3.05) is 39.4 Å². The fourth-order valence-corrected chi connectivity index (χ4v) is 1.79. The zero-order chi connectivity index (χ0) is 10.2. The summed E-state index contributed by atoms with van der Waals surface area (Å²) >= 11 is 0. The second-order valence-corrected chi connectivity index (χ2v) is 3.72. The number of hydrogen-bond donors (Lipinski definition) is 2. The van der Waals surface area contributed by atoms with Crippen molar-refractivity contribution in [2.45, 2.75) is 25.9 Å². The summed E-state index contributed by atoms with van der Waals surface area (Å²) in [5.74, 6) is 0. The molecule has 0 aromatic heterocycles. The Morgan fingerprint density at radius 2 is 2.36 bits per heavy atom. The van der Waals surface area contributed by atoms with Crippen LogP contribution >= 0.6 is 0 Å². The van der Waals surface area contributed by atoms with Gasteiger partial charge in [0.2, 0.25) is 0 Å². The minimum atomic E-state index is 0.398. The molecule has 4 nitrogen and oxygen atoms in total. The van der Waals surface area contributed by atoms with Crippen LogP contribution in [0.15, 0.2) is 0 Å². The summed E-state index contributed by atoms with van der Waals surface area (Å²) < 4.78 is 5.45. The highest BCUT2D eigenvalue weighted by molar-refractivity contribution is 4.72. The monoisotopic (exact) mass is 201 g/mol. The van der Waals surface area contributed by atoms with Crippen LogP contribution < -0.4 is 11.1 Å². The van der Waals surface area contributed by atoms with Crippen LogP contribution in [0.25, 0.3) is 0 Å². The Hall–Kier alpha value is -0.160. The molecule has 4 heteroatoms. The predicted molar refractivity (Wildman–Crippen MR) is 58.1 cm³/mol. The lowest BCUT2D eigenvalue weighted by molar-refractivity contribution is 0.00881. The highest BCUT2D eigenvalue weighted by atomic mass is 16.5. The summed E-state index contributed by atoms with van der Waals surface area (Å²) in [6, 6.07) is 0. The van der Waals surface area contributed by atoms with Crippen molar-refractivity contribution in [3.8, 4) is 0 Å². The molecule has 1 aliphatic heterocycles. The van der Waals surface area contributed by atoms with Gasteiger partial charge in [0.15, 0.2) is 0 Å². The van der Waals surface area contributed by atoms with Crippen molar-refractivity contribution in [1.29, 1.82) is 0 Å². The third-order valence-corrected chi connectivity index (χ3v) is 2.50. The number of hydrogen-bond acceptors (Lipinski definition) is 4. The molecule has 0 aromatic carbocycles. The maximum atomic E-state index is 5.52. The van der Waals surface area contributed by atoms with Gasteiger partial charge in [-0.25, -0.2) is 0 Å². The van der Waals surface area contributed by atoms with Crippen molar-refractivity contribution in [2.24, 2.45) is 5.73 Å². The van der Waals surface area contributed by atoms with E-state index in [1.165, 1.54) is 6.42 Å². The average Bonchev–Trinajstić information content (AvgIpc) is 2.25. The van der Waals surface area contributed by atoms with Crippen LogP contribution in [0, 0.1) is 0 Å². The van der Waals surface area contributed by atoms with E-state index in [-0.39, 0.29) is 0 Å². The van der Waals surface area contributed by atoms with E-state index in [0.717, 1.165) is 45.8 Å². The molecule has 1 rings (SSSR count). The lowest BCUT2D eigenvalue weighted by atomic mass is 10.3. The Balaban J connectivity index is 2.30. The molecule has 1 heterocycles. The molecule has 0 amide bonds. The highest BCUT2D eigenvalue weighted by Crippen LogP contribution is 2.03. The maximum absolute atomic E-state index is 5.52. The molecule has 1 saturated heterocycles. The molecule has 84 valence electrons.